The zero-order valence-corrected chi connectivity index (χ0v) is 17.8. The Kier molecular flexibility index (Phi) is 4.88. The first kappa shape index (κ1) is 19.6. The predicted molar refractivity (Wildman–Crippen MR) is 118 cm³/mol. The molecule has 2 aliphatic rings. The van der Waals surface area contributed by atoms with E-state index in [1.54, 1.807) is 7.11 Å². The lowest BCUT2D eigenvalue weighted by molar-refractivity contribution is -0.154. The van der Waals surface area contributed by atoms with Gasteiger partial charge in [0.05, 0.1) is 23.9 Å². The van der Waals surface area contributed by atoms with Crippen molar-refractivity contribution in [3.63, 3.8) is 0 Å². The van der Waals surface area contributed by atoms with Crippen LogP contribution in [0.15, 0.2) is 53.7 Å². The van der Waals surface area contributed by atoms with E-state index in [2.05, 4.69) is 10.1 Å². The van der Waals surface area contributed by atoms with Crippen LogP contribution in [0.25, 0.3) is 11.0 Å². The molecule has 1 N–H and O–H groups in total. The number of aromatic nitrogens is 2. The number of hydrogen-bond acceptors (Lipinski definition) is 5. The fourth-order valence-corrected chi connectivity index (χ4v) is 4.48. The summed E-state index contributed by atoms with van der Waals surface area (Å²) in [4.78, 5) is 29.2. The number of para-hydroxylation sites is 2. The molecule has 1 saturated heterocycles. The number of aromatic amines is 1. The second-order valence-electron chi connectivity index (χ2n) is 8.49. The molecule has 31 heavy (non-hydrogen) atoms. The minimum atomic E-state index is -0.981. The quantitative estimate of drug-likeness (QED) is 0.698. The van der Waals surface area contributed by atoms with E-state index in [0.717, 1.165) is 53.3 Å². The maximum absolute atomic E-state index is 13.4. The van der Waals surface area contributed by atoms with Gasteiger partial charge in [-0.15, -0.1) is 0 Å². The number of ether oxygens (including phenoxy) is 1. The number of amides is 1. The number of hydrogen-bond donors (Lipinski definition) is 1. The molecule has 0 aliphatic carbocycles. The number of H-pyrrole nitrogens is 1. The molecule has 5 rings (SSSR count). The zero-order valence-electron chi connectivity index (χ0n) is 17.8. The second kappa shape index (κ2) is 7.72. The van der Waals surface area contributed by atoms with Crippen molar-refractivity contribution in [3.05, 3.63) is 59.9 Å². The van der Waals surface area contributed by atoms with Crippen molar-refractivity contribution in [2.75, 3.05) is 20.2 Å². The van der Waals surface area contributed by atoms with Gasteiger partial charge >= 0.3 is 0 Å². The van der Waals surface area contributed by atoms with Gasteiger partial charge in [0, 0.05) is 25.4 Å². The number of piperidine rings is 1. The van der Waals surface area contributed by atoms with E-state index >= 15 is 0 Å². The third kappa shape index (κ3) is 3.65. The SMILES string of the molecule is COc1ccc(C2=NOC(C)(C(=O)N3CCCC(c4nc5ccccc5[nH]4)C3)C2)cc1. The van der Waals surface area contributed by atoms with Crippen LogP contribution < -0.4 is 4.74 Å². The molecule has 1 fully saturated rings. The monoisotopic (exact) mass is 418 g/mol. The molecule has 2 aromatic carbocycles. The molecule has 1 amide bonds. The zero-order chi connectivity index (χ0) is 21.4. The van der Waals surface area contributed by atoms with Crippen LogP contribution in [-0.2, 0) is 9.63 Å². The number of carbonyl (C=O) groups is 1. The smallest absolute Gasteiger partial charge is 0.269 e. The number of methoxy groups -OCH3 is 1. The molecule has 1 aromatic heterocycles. The van der Waals surface area contributed by atoms with Gasteiger partial charge in [0.1, 0.15) is 11.6 Å². The third-order valence-corrected chi connectivity index (χ3v) is 6.24. The first-order valence-electron chi connectivity index (χ1n) is 10.7. The van der Waals surface area contributed by atoms with Crippen molar-refractivity contribution in [1.29, 1.82) is 0 Å². The second-order valence-corrected chi connectivity index (χ2v) is 8.49. The van der Waals surface area contributed by atoms with Crippen LogP contribution in [0, 0.1) is 0 Å². The van der Waals surface area contributed by atoms with E-state index in [9.17, 15) is 4.79 Å². The third-order valence-electron chi connectivity index (χ3n) is 6.24. The Hall–Kier alpha value is -3.35. The van der Waals surface area contributed by atoms with Crippen molar-refractivity contribution >= 4 is 22.7 Å². The highest BCUT2D eigenvalue weighted by molar-refractivity contribution is 6.05. The Labute approximate surface area is 181 Å². The van der Waals surface area contributed by atoms with Crippen molar-refractivity contribution in [1.82, 2.24) is 14.9 Å². The first-order valence-corrected chi connectivity index (χ1v) is 10.7. The number of likely N-dealkylation sites (tertiary alicyclic amines) is 1. The molecule has 0 saturated carbocycles. The molecule has 7 heteroatoms. The lowest BCUT2D eigenvalue weighted by Gasteiger charge is -2.35. The number of imidazole rings is 1. The lowest BCUT2D eigenvalue weighted by atomic mass is 9.91. The highest BCUT2D eigenvalue weighted by Crippen LogP contribution is 2.33. The Morgan fingerprint density at radius 1 is 1.23 bits per heavy atom. The van der Waals surface area contributed by atoms with E-state index < -0.39 is 5.60 Å². The van der Waals surface area contributed by atoms with Gasteiger partial charge in [-0.3, -0.25) is 4.79 Å². The summed E-state index contributed by atoms with van der Waals surface area (Å²) in [5, 5.41) is 4.25. The van der Waals surface area contributed by atoms with Crippen LogP contribution >= 0.6 is 0 Å². The normalized spacial score (nSPS) is 23.5. The van der Waals surface area contributed by atoms with E-state index in [0.29, 0.717) is 13.0 Å². The van der Waals surface area contributed by atoms with Crippen LogP contribution in [0.1, 0.15) is 43.5 Å². The highest BCUT2D eigenvalue weighted by atomic mass is 16.7. The summed E-state index contributed by atoms with van der Waals surface area (Å²) in [5.74, 6) is 1.91. The number of nitrogens with one attached hydrogen (secondary N) is 1. The van der Waals surface area contributed by atoms with Crippen LogP contribution in [0.3, 0.4) is 0 Å². The van der Waals surface area contributed by atoms with Crippen LogP contribution in [-0.4, -0.2) is 52.3 Å². The van der Waals surface area contributed by atoms with Gasteiger partial charge in [-0.25, -0.2) is 4.98 Å². The van der Waals surface area contributed by atoms with Gasteiger partial charge in [-0.2, -0.15) is 0 Å². The summed E-state index contributed by atoms with van der Waals surface area (Å²) in [6.07, 6.45) is 2.40. The maximum atomic E-state index is 13.4. The van der Waals surface area contributed by atoms with E-state index in [1.807, 2.05) is 60.4 Å². The summed E-state index contributed by atoms with van der Waals surface area (Å²) in [6, 6.07) is 15.7. The largest absolute Gasteiger partial charge is 0.497 e. The molecule has 0 spiro atoms. The Balaban J connectivity index is 1.29. The summed E-state index contributed by atoms with van der Waals surface area (Å²) >= 11 is 0. The standard InChI is InChI=1S/C24H26N4O3/c1-24(14-21(27-31-24)16-9-11-18(30-2)12-10-16)23(29)28-13-5-6-17(15-28)22-25-19-7-3-4-8-20(19)26-22/h3-4,7-12,17H,5-6,13-15H2,1-2H3,(H,25,26). The minimum absolute atomic E-state index is 0.0134. The highest BCUT2D eigenvalue weighted by Gasteiger charge is 2.45. The maximum Gasteiger partial charge on any atom is 0.269 e. The van der Waals surface area contributed by atoms with Gasteiger partial charge in [-0.05, 0) is 61.7 Å². The molecule has 3 heterocycles. The molecular formula is C24H26N4O3. The Bertz CT molecular complexity index is 1100. The molecule has 2 unspecified atom stereocenters. The van der Waals surface area contributed by atoms with Gasteiger partial charge in [0.2, 0.25) is 5.60 Å². The van der Waals surface area contributed by atoms with Crippen LogP contribution in [0.5, 0.6) is 5.75 Å². The summed E-state index contributed by atoms with van der Waals surface area (Å²) in [7, 11) is 1.64. The lowest BCUT2D eigenvalue weighted by Crippen LogP contribution is -2.50. The van der Waals surface area contributed by atoms with Crippen molar-refractivity contribution < 1.29 is 14.4 Å². The molecule has 2 aliphatic heterocycles. The summed E-state index contributed by atoms with van der Waals surface area (Å²) < 4.78 is 5.22. The predicted octanol–water partition coefficient (Wildman–Crippen LogP) is 3.86. The van der Waals surface area contributed by atoms with Gasteiger partial charge in [0.15, 0.2) is 0 Å². The molecular weight excluding hydrogens is 392 g/mol. The van der Waals surface area contributed by atoms with E-state index in [4.69, 9.17) is 14.6 Å². The van der Waals surface area contributed by atoms with Gasteiger partial charge in [0.25, 0.3) is 5.91 Å². The van der Waals surface area contributed by atoms with Crippen molar-refractivity contribution in [2.24, 2.45) is 5.16 Å². The number of oxime groups is 1. The molecule has 2 atom stereocenters. The Morgan fingerprint density at radius 3 is 2.81 bits per heavy atom. The number of rotatable bonds is 4. The fraction of sp³-hybridized carbons (Fsp3) is 0.375. The first-order chi connectivity index (χ1) is 15.1. The van der Waals surface area contributed by atoms with Crippen molar-refractivity contribution in [3.8, 4) is 5.75 Å². The fourth-order valence-electron chi connectivity index (χ4n) is 4.48. The summed E-state index contributed by atoms with van der Waals surface area (Å²) in [6.45, 7) is 3.20. The molecule has 7 nitrogen and oxygen atoms in total. The van der Waals surface area contributed by atoms with Gasteiger partial charge in [-0.1, -0.05) is 17.3 Å². The average Bonchev–Trinajstić information content (AvgIpc) is 3.43. The van der Waals surface area contributed by atoms with Crippen molar-refractivity contribution in [2.45, 2.75) is 37.7 Å². The molecule has 0 radical (unpaired) electrons. The number of carbonyl (C=O) groups excluding carboxylic acids is 1. The van der Waals surface area contributed by atoms with E-state index in [1.165, 1.54) is 0 Å². The van der Waals surface area contributed by atoms with Gasteiger partial charge < -0.3 is 19.5 Å². The Morgan fingerprint density at radius 2 is 2.03 bits per heavy atom. The van der Waals surface area contributed by atoms with Crippen LogP contribution in [0.4, 0.5) is 0 Å². The number of nitrogens with zero attached hydrogens (tertiary/aromatic N) is 3. The number of fused-ring (bicyclic) bond motifs is 1. The van der Waals surface area contributed by atoms with E-state index in [-0.39, 0.29) is 11.8 Å². The molecule has 160 valence electrons. The average molecular weight is 418 g/mol. The number of benzene rings is 2. The topological polar surface area (TPSA) is 79.8 Å². The molecule has 0 bridgehead atoms. The molecule has 3 aromatic rings. The summed E-state index contributed by atoms with van der Waals surface area (Å²) in [5.41, 5.74) is 2.74. The minimum Gasteiger partial charge on any atom is -0.497 e. The van der Waals surface area contributed by atoms with Crippen LogP contribution in [0.2, 0.25) is 0 Å².